The third kappa shape index (κ3) is 3.42. The molecule has 0 N–H and O–H groups in total. The van der Waals surface area contributed by atoms with E-state index >= 15 is 0 Å². The Morgan fingerprint density at radius 3 is 2.31 bits per heavy atom. The minimum atomic E-state index is -0.212. The van der Waals surface area contributed by atoms with Gasteiger partial charge < -0.3 is 0 Å². The molecular formula is C8H16N2OS2+. The highest BCUT2D eigenvalue weighted by molar-refractivity contribution is 7.92. The van der Waals surface area contributed by atoms with Crippen LogP contribution in [0.1, 0.15) is 19.3 Å². The third-order valence-corrected chi connectivity index (χ3v) is 3.82. The van der Waals surface area contributed by atoms with Crippen LogP contribution in [0.2, 0.25) is 0 Å². The second kappa shape index (κ2) is 4.59. The van der Waals surface area contributed by atoms with Gasteiger partial charge >= 0.3 is 5.17 Å². The summed E-state index contributed by atoms with van der Waals surface area (Å²) in [4.78, 5) is 0. The number of hydrogen-bond acceptors (Lipinski definition) is 3. The lowest BCUT2D eigenvalue weighted by molar-refractivity contribution is -0.660. The molecule has 0 aromatic carbocycles. The first-order valence-corrected chi connectivity index (χ1v) is 5.66. The van der Waals surface area contributed by atoms with Crippen LogP contribution in [0.25, 0.3) is 0 Å². The lowest BCUT2D eigenvalue weighted by Crippen LogP contribution is -2.41. The molecular weight excluding hydrogens is 204 g/mol. The topological polar surface area (TPSA) is 23.1 Å². The first-order valence-electron chi connectivity index (χ1n) is 4.52. The van der Waals surface area contributed by atoms with Gasteiger partial charge in [-0.15, -0.1) is 0 Å². The summed E-state index contributed by atoms with van der Waals surface area (Å²) in [5, 5.41) is 10.9. The predicted molar refractivity (Wildman–Crippen MR) is 58.4 cm³/mol. The van der Waals surface area contributed by atoms with Crippen LogP contribution in [-0.2, 0) is 5.11 Å². The highest BCUT2D eigenvalue weighted by atomic mass is 32.2. The molecule has 0 unspecified atom stereocenters. The SMILES string of the molecule is C[N+](C)(SN1CCCCC1)C([O])=S. The van der Waals surface area contributed by atoms with Gasteiger partial charge in [0.05, 0.1) is 14.1 Å². The van der Waals surface area contributed by atoms with E-state index in [9.17, 15) is 5.11 Å². The van der Waals surface area contributed by atoms with Crippen molar-refractivity contribution >= 4 is 29.5 Å². The van der Waals surface area contributed by atoms with Crippen molar-refractivity contribution in [1.82, 2.24) is 4.31 Å². The summed E-state index contributed by atoms with van der Waals surface area (Å²) < 4.78 is 2.46. The normalized spacial score (nSPS) is 20.2. The standard InChI is InChI=1S/C8H16N2OS2/c1-10(2,8(11)12)13-9-6-4-3-5-7-9/h3-7H2,1-2H3/q+1. The molecule has 1 radical (unpaired) electrons. The van der Waals surface area contributed by atoms with Crippen LogP contribution >= 0.6 is 24.4 Å². The summed E-state index contributed by atoms with van der Waals surface area (Å²) in [6.07, 6.45) is 3.78. The minimum Gasteiger partial charge on any atom is -0.213 e. The number of quaternary nitrogens is 1. The molecule has 0 spiro atoms. The van der Waals surface area contributed by atoms with E-state index in [1.807, 2.05) is 14.1 Å². The van der Waals surface area contributed by atoms with Crippen LogP contribution in [0, 0.1) is 0 Å². The Morgan fingerprint density at radius 1 is 1.31 bits per heavy atom. The Kier molecular flexibility index (Phi) is 3.97. The van der Waals surface area contributed by atoms with Gasteiger partial charge in [0.15, 0.2) is 12.1 Å². The Morgan fingerprint density at radius 2 is 1.85 bits per heavy atom. The van der Waals surface area contributed by atoms with Gasteiger partial charge in [0.25, 0.3) is 0 Å². The monoisotopic (exact) mass is 220 g/mol. The van der Waals surface area contributed by atoms with Crippen LogP contribution in [0.4, 0.5) is 0 Å². The van der Waals surface area contributed by atoms with Gasteiger partial charge in [0.2, 0.25) is 0 Å². The summed E-state index contributed by atoms with van der Waals surface area (Å²) in [5.74, 6) is 0. The number of nitrogens with zero attached hydrogens (tertiary/aromatic N) is 2. The fraction of sp³-hybridized carbons (Fsp3) is 0.875. The molecule has 3 nitrogen and oxygen atoms in total. The summed E-state index contributed by atoms with van der Waals surface area (Å²) in [5.41, 5.74) is 0. The smallest absolute Gasteiger partial charge is 0.213 e. The largest absolute Gasteiger partial charge is 0.420 e. The third-order valence-electron chi connectivity index (χ3n) is 2.07. The zero-order valence-electron chi connectivity index (χ0n) is 8.15. The summed E-state index contributed by atoms with van der Waals surface area (Å²) >= 11 is 6.22. The van der Waals surface area contributed by atoms with Gasteiger partial charge in [-0.1, -0.05) is 6.42 Å². The first-order chi connectivity index (χ1) is 6.02. The molecule has 1 fully saturated rings. The van der Waals surface area contributed by atoms with E-state index in [0.29, 0.717) is 0 Å². The van der Waals surface area contributed by atoms with Crippen molar-refractivity contribution in [2.75, 3.05) is 27.2 Å². The van der Waals surface area contributed by atoms with Crippen molar-refractivity contribution in [3.8, 4) is 0 Å². The van der Waals surface area contributed by atoms with E-state index in [0.717, 1.165) is 13.1 Å². The molecule has 0 aromatic heterocycles. The van der Waals surface area contributed by atoms with Crippen molar-refractivity contribution in [1.29, 1.82) is 0 Å². The molecule has 1 heterocycles. The molecule has 0 bridgehead atoms. The van der Waals surface area contributed by atoms with Crippen LogP contribution in [0.3, 0.4) is 0 Å². The average molecular weight is 220 g/mol. The zero-order valence-corrected chi connectivity index (χ0v) is 9.79. The van der Waals surface area contributed by atoms with Crippen molar-refractivity contribution < 1.29 is 8.99 Å². The van der Waals surface area contributed by atoms with Crippen molar-refractivity contribution in [2.45, 2.75) is 19.3 Å². The van der Waals surface area contributed by atoms with Gasteiger partial charge in [-0.2, -0.15) is 3.89 Å². The van der Waals surface area contributed by atoms with Gasteiger partial charge in [-0.3, -0.25) is 0 Å². The molecule has 75 valence electrons. The van der Waals surface area contributed by atoms with Gasteiger partial charge in [-0.25, -0.2) is 9.41 Å². The molecule has 1 saturated heterocycles. The molecule has 0 saturated carbocycles. The number of thiocarbonyl (C=S) groups is 1. The van der Waals surface area contributed by atoms with Crippen molar-refractivity contribution in [3.63, 3.8) is 0 Å². The molecule has 1 rings (SSSR count). The predicted octanol–water partition coefficient (Wildman–Crippen LogP) is 1.83. The summed E-state index contributed by atoms with van der Waals surface area (Å²) in [6, 6.07) is 0. The highest BCUT2D eigenvalue weighted by Gasteiger charge is 2.30. The maximum Gasteiger partial charge on any atom is 0.420 e. The fourth-order valence-electron chi connectivity index (χ4n) is 1.27. The number of piperidine rings is 1. The van der Waals surface area contributed by atoms with E-state index in [1.54, 1.807) is 12.1 Å². The molecule has 0 aromatic rings. The number of rotatable bonds is 2. The average Bonchev–Trinajstić information content (AvgIpc) is 2.05. The Labute approximate surface area is 89.6 Å². The molecule has 0 amide bonds. The molecule has 13 heavy (non-hydrogen) atoms. The molecule has 0 aliphatic carbocycles. The molecule has 1 aliphatic heterocycles. The van der Waals surface area contributed by atoms with Gasteiger partial charge in [0.1, 0.15) is 0 Å². The Bertz CT molecular complexity index is 191. The van der Waals surface area contributed by atoms with E-state index < -0.39 is 0 Å². The molecule has 5 heteroatoms. The van der Waals surface area contributed by atoms with Crippen LogP contribution in [-0.4, -0.2) is 40.6 Å². The van der Waals surface area contributed by atoms with Crippen LogP contribution in [0.5, 0.6) is 0 Å². The quantitative estimate of drug-likeness (QED) is 0.403. The van der Waals surface area contributed by atoms with E-state index in [4.69, 9.17) is 0 Å². The van der Waals surface area contributed by atoms with Gasteiger partial charge in [-0.05, 0) is 12.8 Å². The van der Waals surface area contributed by atoms with Crippen LogP contribution < -0.4 is 0 Å². The first kappa shape index (κ1) is 11.2. The summed E-state index contributed by atoms with van der Waals surface area (Å²) in [6.45, 7) is 2.16. The Hall–Kier alpha value is 0.160. The Balaban J connectivity index is 2.41. The van der Waals surface area contributed by atoms with E-state index in [-0.39, 0.29) is 9.06 Å². The second-order valence-corrected chi connectivity index (χ2v) is 5.63. The maximum atomic E-state index is 11.1. The zero-order chi connectivity index (χ0) is 9.90. The fourth-order valence-corrected chi connectivity index (χ4v) is 2.43. The van der Waals surface area contributed by atoms with Crippen LogP contribution in [0.15, 0.2) is 0 Å². The van der Waals surface area contributed by atoms with Crippen molar-refractivity contribution in [3.05, 3.63) is 0 Å². The maximum absolute atomic E-state index is 11.1. The van der Waals surface area contributed by atoms with Gasteiger partial charge in [0, 0.05) is 25.3 Å². The lowest BCUT2D eigenvalue weighted by atomic mass is 10.2. The summed E-state index contributed by atoms with van der Waals surface area (Å²) in [7, 11) is 3.68. The highest BCUT2D eigenvalue weighted by Crippen LogP contribution is 2.25. The van der Waals surface area contributed by atoms with E-state index in [2.05, 4.69) is 16.5 Å². The molecule has 0 atom stereocenters. The molecule has 1 aliphatic rings. The lowest BCUT2D eigenvalue weighted by Gasteiger charge is -2.30. The van der Waals surface area contributed by atoms with E-state index in [1.165, 1.54) is 19.3 Å². The minimum absolute atomic E-state index is 0.212. The number of hydrogen-bond donors (Lipinski definition) is 0. The van der Waals surface area contributed by atoms with Crippen molar-refractivity contribution in [2.24, 2.45) is 0 Å². The second-order valence-electron chi connectivity index (χ2n) is 3.69.